The van der Waals surface area contributed by atoms with Crippen molar-refractivity contribution in [2.75, 3.05) is 0 Å². The maximum atomic E-state index is 2.38. The van der Waals surface area contributed by atoms with Crippen molar-refractivity contribution in [1.29, 1.82) is 0 Å². The third-order valence-electron chi connectivity index (χ3n) is 4.12. The third kappa shape index (κ3) is 2.64. The molecule has 0 amide bonds. The molecule has 2 rings (SSSR count). The van der Waals surface area contributed by atoms with E-state index < -0.39 is 0 Å². The van der Waals surface area contributed by atoms with Crippen molar-refractivity contribution in [3.63, 3.8) is 0 Å². The summed E-state index contributed by atoms with van der Waals surface area (Å²) in [5, 5.41) is 0. The van der Waals surface area contributed by atoms with Gasteiger partial charge in [0.25, 0.3) is 0 Å². The van der Waals surface area contributed by atoms with Crippen LogP contribution in [-0.2, 0) is 11.8 Å². The van der Waals surface area contributed by atoms with Gasteiger partial charge in [-0.2, -0.15) is 0 Å². The number of benzene rings is 2. The van der Waals surface area contributed by atoms with Crippen molar-refractivity contribution in [3.8, 4) is 0 Å². The number of hydrogen-bond acceptors (Lipinski definition) is 0. The molecule has 0 N–H and O–H groups in total. The minimum atomic E-state index is 0.197. The molecule has 0 aliphatic rings. The van der Waals surface area contributed by atoms with E-state index in [9.17, 15) is 0 Å². The number of hydrogen-bond donors (Lipinski definition) is 0. The lowest BCUT2D eigenvalue weighted by molar-refractivity contribution is 0.335. The van der Waals surface area contributed by atoms with Gasteiger partial charge in [-0.1, -0.05) is 81.4 Å². The van der Waals surface area contributed by atoms with E-state index in [1.54, 1.807) is 0 Å². The zero-order valence-electron chi connectivity index (χ0n) is 11.6. The summed E-state index contributed by atoms with van der Waals surface area (Å²) in [6.45, 7) is 7.01. The van der Waals surface area contributed by atoms with Crippen LogP contribution in [0.3, 0.4) is 0 Å². The minimum Gasteiger partial charge on any atom is -0.0622 e. The highest BCUT2D eigenvalue weighted by Gasteiger charge is 2.30. The van der Waals surface area contributed by atoms with Crippen LogP contribution in [0, 0.1) is 5.92 Å². The predicted molar refractivity (Wildman–Crippen MR) is 78.8 cm³/mol. The fourth-order valence-electron chi connectivity index (χ4n) is 2.48. The van der Waals surface area contributed by atoms with Crippen LogP contribution in [-0.4, -0.2) is 0 Å². The Morgan fingerprint density at radius 1 is 0.833 bits per heavy atom. The van der Waals surface area contributed by atoms with E-state index in [2.05, 4.69) is 81.4 Å². The van der Waals surface area contributed by atoms with E-state index in [0.29, 0.717) is 5.92 Å². The summed E-state index contributed by atoms with van der Waals surface area (Å²) in [5.74, 6) is 0.611. The van der Waals surface area contributed by atoms with E-state index in [1.165, 1.54) is 11.1 Å². The molecule has 0 saturated carbocycles. The molecule has 0 heteroatoms. The quantitative estimate of drug-likeness (QED) is 0.714. The topological polar surface area (TPSA) is 0 Å². The van der Waals surface area contributed by atoms with E-state index in [-0.39, 0.29) is 5.41 Å². The third-order valence-corrected chi connectivity index (χ3v) is 4.12. The molecule has 0 aromatic heterocycles. The second-order valence-electron chi connectivity index (χ2n) is 5.60. The van der Waals surface area contributed by atoms with E-state index in [0.717, 1.165) is 6.42 Å². The van der Waals surface area contributed by atoms with Gasteiger partial charge in [-0.3, -0.25) is 0 Å². The molecule has 0 aliphatic heterocycles. The molecule has 0 spiro atoms. The van der Waals surface area contributed by atoms with Gasteiger partial charge in [-0.05, 0) is 28.9 Å². The minimum absolute atomic E-state index is 0.197. The Morgan fingerprint density at radius 3 is 1.83 bits per heavy atom. The first-order valence-corrected chi connectivity index (χ1v) is 6.72. The fraction of sp³-hybridized carbons (Fsp3) is 0.333. The second kappa shape index (κ2) is 5.39. The molecule has 1 atom stereocenters. The molecule has 0 nitrogen and oxygen atoms in total. The molecule has 2 aromatic carbocycles. The van der Waals surface area contributed by atoms with Gasteiger partial charge in [-0.15, -0.1) is 0 Å². The molecule has 0 radical (unpaired) electrons. The molecule has 18 heavy (non-hydrogen) atoms. The Morgan fingerprint density at radius 2 is 1.33 bits per heavy atom. The van der Waals surface area contributed by atoms with Crippen LogP contribution >= 0.6 is 0 Å². The maximum Gasteiger partial charge on any atom is -0.00120 e. The van der Waals surface area contributed by atoms with Crippen LogP contribution in [0.4, 0.5) is 0 Å². The van der Waals surface area contributed by atoms with Crippen molar-refractivity contribution in [2.24, 2.45) is 5.92 Å². The van der Waals surface area contributed by atoms with Crippen LogP contribution < -0.4 is 0 Å². The average Bonchev–Trinajstić information content (AvgIpc) is 2.40. The van der Waals surface area contributed by atoms with Crippen molar-refractivity contribution in [2.45, 2.75) is 32.6 Å². The van der Waals surface area contributed by atoms with Crippen LogP contribution in [0.2, 0.25) is 0 Å². The average molecular weight is 238 g/mol. The van der Waals surface area contributed by atoms with Crippen molar-refractivity contribution < 1.29 is 0 Å². The Bertz CT molecular complexity index is 470. The highest BCUT2D eigenvalue weighted by Crippen LogP contribution is 2.35. The van der Waals surface area contributed by atoms with E-state index in [1.807, 2.05) is 0 Å². The van der Waals surface area contributed by atoms with Gasteiger partial charge in [-0.25, -0.2) is 0 Å². The summed E-state index contributed by atoms with van der Waals surface area (Å²) in [4.78, 5) is 0. The van der Waals surface area contributed by atoms with Crippen LogP contribution in [0.1, 0.15) is 31.9 Å². The van der Waals surface area contributed by atoms with Gasteiger partial charge in [0.15, 0.2) is 0 Å². The second-order valence-corrected chi connectivity index (χ2v) is 5.60. The normalized spacial score (nSPS) is 14.4. The molecule has 1 unspecified atom stereocenters. The molecular formula is C18H22. The molecule has 0 bridgehead atoms. The summed E-state index contributed by atoms with van der Waals surface area (Å²) in [5.41, 5.74) is 3.05. The molecule has 0 heterocycles. The van der Waals surface area contributed by atoms with Crippen LogP contribution in [0.15, 0.2) is 60.7 Å². The van der Waals surface area contributed by atoms with Gasteiger partial charge >= 0.3 is 0 Å². The van der Waals surface area contributed by atoms with Gasteiger partial charge in [0.05, 0.1) is 0 Å². The molecule has 94 valence electrons. The standard InChI is InChI=1S/C18H22/c1-15(2)18(3,17-12-8-5-9-13-17)14-16-10-6-4-7-11-16/h4-13,15H,14H2,1-3H3. The lowest BCUT2D eigenvalue weighted by atomic mass is 9.69. The van der Waals surface area contributed by atoms with Gasteiger partial charge in [0.1, 0.15) is 0 Å². The maximum absolute atomic E-state index is 2.38. The zero-order valence-corrected chi connectivity index (χ0v) is 11.6. The zero-order chi connectivity index (χ0) is 13.0. The van der Waals surface area contributed by atoms with Gasteiger partial charge in [0, 0.05) is 0 Å². The summed E-state index contributed by atoms with van der Waals surface area (Å²) >= 11 is 0. The lowest BCUT2D eigenvalue weighted by Crippen LogP contribution is -2.31. The Hall–Kier alpha value is -1.56. The van der Waals surface area contributed by atoms with Gasteiger partial charge in [0.2, 0.25) is 0 Å². The SMILES string of the molecule is CC(C)C(C)(Cc1ccccc1)c1ccccc1. The van der Waals surface area contributed by atoms with Crippen LogP contribution in [0.5, 0.6) is 0 Å². The summed E-state index contributed by atoms with van der Waals surface area (Å²) in [7, 11) is 0. The largest absolute Gasteiger partial charge is 0.0622 e. The summed E-state index contributed by atoms with van der Waals surface area (Å²) in [6.07, 6.45) is 1.09. The first kappa shape index (κ1) is 12.9. The highest BCUT2D eigenvalue weighted by molar-refractivity contribution is 5.29. The summed E-state index contributed by atoms with van der Waals surface area (Å²) in [6, 6.07) is 21.7. The monoisotopic (exact) mass is 238 g/mol. The Labute approximate surface area is 111 Å². The first-order chi connectivity index (χ1) is 8.63. The number of rotatable bonds is 4. The van der Waals surface area contributed by atoms with Crippen molar-refractivity contribution in [1.82, 2.24) is 0 Å². The molecule has 0 aliphatic carbocycles. The Balaban J connectivity index is 2.34. The summed E-state index contributed by atoms with van der Waals surface area (Å²) < 4.78 is 0. The fourth-order valence-corrected chi connectivity index (χ4v) is 2.48. The lowest BCUT2D eigenvalue weighted by Gasteiger charge is -2.35. The first-order valence-electron chi connectivity index (χ1n) is 6.72. The molecule has 2 aromatic rings. The van der Waals surface area contributed by atoms with Gasteiger partial charge < -0.3 is 0 Å². The van der Waals surface area contributed by atoms with Crippen molar-refractivity contribution >= 4 is 0 Å². The van der Waals surface area contributed by atoms with Crippen molar-refractivity contribution in [3.05, 3.63) is 71.8 Å². The van der Waals surface area contributed by atoms with Crippen LogP contribution in [0.25, 0.3) is 0 Å². The smallest absolute Gasteiger partial charge is 0.00120 e. The predicted octanol–water partition coefficient (Wildman–Crippen LogP) is 4.84. The molecule has 0 saturated heterocycles. The van der Waals surface area contributed by atoms with E-state index >= 15 is 0 Å². The highest BCUT2D eigenvalue weighted by atomic mass is 14.3. The Kier molecular flexibility index (Phi) is 3.86. The molecular weight excluding hydrogens is 216 g/mol. The van der Waals surface area contributed by atoms with E-state index in [4.69, 9.17) is 0 Å². The molecule has 0 fully saturated rings.